The molecular formula is C15H21NO3. The van der Waals surface area contributed by atoms with Gasteiger partial charge in [0, 0.05) is 13.2 Å². The van der Waals surface area contributed by atoms with Crippen molar-refractivity contribution < 1.29 is 14.6 Å². The largest absolute Gasteiger partial charge is 0.481 e. The Hall–Kier alpha value is -1.39. The number of ether oxygens (including phenoxy) is 1. The van der Waals surface area contributed by atoms with Crippen LogP contribution in [-0.4, -0.2) is 30.3 Å². The summed E-state index contributed by atoms with van der Waals surface area (Å²) < 4.78 is 5.57. The van der Waals surface area contributed by atoms with E-state index in [4.69, 9.17) is 10.5 Å². The summed E-state index contributed by atoms with van der Waals surface area (Å²) in [7, 11) is 0. The molecule has 104 valence electrons. The number of carbonyl (C=O) groups is 1. The van der Waals surface area contributed by atoms with Gasteiger partial charge in [0.1, 0.15) is 5.41 Å². The van der Waals surface area contributed by atoms with Crippen LogP contribution in [0.4, 0.5) is 0 Å². The Morgan fingerprint density at radius 3 is 2.68 bits per heavy atom. The van der Waals surface area contributed by atoms with Gasteiger partial charge in [-0.05, 0) is 31.2 Å². The predicted molar refractivity (Wildman–Crippen MR) is 73.0 cm³/mol. The Kier molecular flexibility index (Phi) is 4.56. The minimum absolute atomic E-state index is 0.110. The van der Waals surface area contributed by atoms with E-state index in [1.165, 1.54) is 0 Å². The molecule has 2 unspecified atom stereocenters. The fourth-order valence-corrected chi connectivity index (χ4v) is 2.72. The molecule has 1 heterocycles. The third-order valence-electron chi connectivity index (χ3n) is 4.00. The van der Waals surface area contributed by atoms with Crippen LogP contribution in [0.25, 0.3) is 0 Å². The van der Waals surface area contributed by atoms with Crippen molar-refractivity contribution in [1.29, 1.82) is 0 Å². The summed E-state index contributed by atoms with van der Waals surface area (Å²) in [4.78, 5) is 11.7. The van der Waals surface area contributed by atoms with Crippen LogP contribution in [0, 0.1) is 0 Å². The Balaban J connectivity index is 2.16. The second-order valence-corrected chi connectivity index (χ2v) is 5.13. The van der Waals surface area contributed by atoms with E-state index < -0.39 is 11.4 Å². The summed E-state index contributed by atoms with van der Waals surface area (Å²) in [6, 6.07) is 9.28. The van der Waals surface area contributed by atoms with Crippen molar-refractivity contribution in [2.45, 2.75) is 37.2 Å². The van der Waals surface area contributed by atoms with Crippen LogP contribution in [0.5, 0.6) is 0 Å². The first-order valence-corrected chi connectivity index (χ1v) is 6.79. The molecule has 4 nitrogen and oxygen atoms in total. The van der Waals surface area contributed by atoms with Gasteiger partial charge >= 0.3 is 5.97 Å². The fraction of sp³-hybridized carbons (Fsp3) is 0.533. The lowest BCUT2D eigenvalue weighted by Crippen LogP contribution is -2.43. The summed E-state index contributed by atoms with van der Waals surface area (Å²) in [5, 5.41) is 9.63. The zero-order valence-corrected chi connectivity index (χ0v) is 11.0. The molecule has 19 heavy (non-hydrogen) atoms. The molecule has 3 N–H and O–H groups in total. The molecule has 0 saturated carbocycles. The second-order valence-electron chi connectivity index (χ2n) is 5.13. The lowest BCUT2D eigenvalue weighted by atomic mass is 9.76. The second kappa shape index (κ2) is 6.17. The molecule has 1 aromatic rings. The Morgan fingerprint density at radius 2 is 2.16 bits per heavy atom. The molecule has 4 heteroatoms. The Bertz CT molecular complexity index is 415. The highest BCUT2D eigenvalue weighted by Crippen LogP contribution is 2.31. The highest BCUT2D eigenvalue weighted by Gasteiger charge is 2.39. The molecule has 2 rings (SSSR count). The van der Waals surface area contributed by atoms with Crippen molar-refractivity contribution in [2.24, 2.45) is 5.73 Å². The van der Waals surface area contributed by atoms with Crippen LogP contribution in [0.3, 0.4) is 0 Å². The number of aliphatic carboxylic acids is 1. The van der Waals surface area contributed by atoms with Gasteiger partial charge in [-0.15, -0.1) is 0 Å². The van der Waals surface area contributed by atoms with Gasteiger partial charge in [-0.3, -0.25) is 4.79 Å². The minimum Gasteiger partial charge on any atom is -0.481 e. The van der Waals surface area contributed by atoms with E-state index in [1.807, 2.05) is 30.3 Å². The van der Waals surface area contributed by atoms with Crippen LogP contribution in [-0.2, 0) is 14.9 Å². The van der Waals surface area contributed by atoms with Gasteiger partial charge in [0.2, 0.25) is 0 Å². The van der Waals surface area contributed by atoms with Gasteiger partial charge in [0.15, 0.2) is 0 Å². The van der Waals surface area contributed by atoms with Crippen molar-refractivity contribution >= 4 is 5.97 Å². The van der Waals surface area contributed by atoms with Gasteiger partial charge in [0.05, 0.1) is 6.10 Å². The first-order valence-electron chi connectivity index (χ1n) is 6.79. The van der Waals surface area contributed by atoms with Gasteiger partial charge in [-0.1, -0.05) is 30.3 Å². The first kappa shape index (κ1) is 14.0. The number of nitrogens with two attached hydrogens (primary N) is 1. The highest BCUT2D eigenvalue weighted by molar-refractivity contribution is 5.81. The van der Waals surface area contributed by atoms with Gasteiger partial charge in [0.25, 0.3) is 0 Å². The van der Waals surface area contributed by atoms with E-state index in [-0.39, 0.29) is 12.6 Å². The van der Waals surface area contributed by atoms with E-state index in [0.29, 0.717) is 6.42 Å². The minimum atomic E-state index is -0.993. The maximum absolute atomic E-state index is 11.7. The number of hydrogen-bond donors (Lipinski definition) is 2. The first-order chi connectivity index (χ1) is 9.19. The zero-order valence-electron chi connectivity index (χ0n) is 11.0. The molecule has 0 amide bonds. The van der Waals surface area contributed by atoms with Crippen molar-refractivity contribution in [3.63, 3.8) is 0 Å². The molecule has 1 aliphatic heterocycles. The zero-order chi connectivity index (χ0) is 13.7. The number of rotatable bonds is 6. The topological polar surface area (TPSA) is 72.5 Å². The van der Waals surface area contributed by atoms with Crippen molar-refractivity contribution in [3.05, 3.63) is 35.9 Å². The SMILES string of the molecule is NCC(CCC1CCCO1)(C(=O)O)c1ccccc1. The fourth-order valence-electron chi connectivity index (χ4n) is 2.72. The van der Waals surface area contributed by atoms with E-state index >= 15 is 0 Å². The molecule has 0 spiro atoms. The number of carboxylic acid groups (broad SMARTS) is 1. The Morgan fingerprint density at radius 1 is 1.42 bits per heavy atom. The van der Waals surface area contributed by atoms with Crippen LogP contribution in [0.2, 0.25) is 0 Å². The van der Waals surface area contributed by atoms with Crippen LogP contribution >= 0.6 is 0 Å². The number of benzene rings is 1. The molecule has 0 aliphatic carbocycles. The molecule has 1 saturated heterocycles. The third-order valence-corrected chi connectivity index (χ3v) is 4.00. The van der Waals surface area contributed by atoms with Crippen molar-refractivity contribution in [1.82, 2.24) is 0 Å². The third kappa shape index (κ3) is 2.96. The number of carboxylic acids is 1. The monoisotopic (exact) mass is 263 g/mol. The van der Waals surface area contributed by atoms with E-state index in [9.17, 15) is 9.90 Å². The summed E-state index contributed by atoms with van der Waals surface area (Å²) >= 11 is 0. The lowest BCUT2D eigenvalue weighted by Gasteiger charge is -2.29. The van der Waals surface area contributed by atoms with E-state index in [1.54, 1.807) is 0 Å². The standard InChI is InChI=1S/C15H21NO3/c16-11-15(14(17)18,12-5-2-1-3-6-12)9-8-13-7-4-10-19-13/h1-3,5-6,13H,4,7-11,16H2,(H,17,18). The molecule has 2 atom stereocenters. The van der Waals surface area contributed by atoms with Gasteiger partial charge < -0.3 is 15.6 Å². The van der Waals surface area contributed by atoms with Crippen molar-refractivity contribution in [3.8, 4) is 0 Å². The van der Waals surface area contributed by atoms with Crippen LogP contribution in [0.1, 0.15) is 31.2 Å². The smallest absolute Gasteiger partial charge is 0.315 e. The van der Waals surface area contributed by atoms with Crippen molar-refractivity contribution in [2.75, 3.05) is 13.2 Å². The average Bonchev–Trinajstić information content (AvgIpc) is 2.94. The van der Waals surface area contributed by atoms with Crippen LogP contribution < -0.4 is 5.73 Å². The average molecular weight is 263 g/mol. The molecule has 0 bridgehead atoms. The summed E-state index contributed by atoms with van der Waals surface area (Å²) in [6.45, 7) is 0.901. The molecule has 1 aliphatic rings. The van der Waals surface area contributed by atoms with Gasteiger partial charge in [-0.25, -0.2) is 0 Å². The summed E-state index contributed by atoms with van der Waals surface area (Å²) in [5.41, 5.74) is 5.59. The predicted octanol–water partition coefficient (Wildman–Crippen LogP) is 1.93. The Labute approximate surface area is 113 Å². The van der Waals surface area contributed by atoms with Gasteiger partial charge in [-0.2, -0.15) is 0 Å². The lowest BCUT2D eigenvalue weighted by molar-refractivity contribution is -0.144. The quantitative estimate of drug-likeness (QED) is 0.822. The molecule has 1 fully saturated rings. The van der Waals surface area contributed by atoms with Crippen LogP contribution in [0.15, 0.2) is 30.3 Å². The molecule has 1 aromatic carbocycles. The normalized spacial score (nSPS) is 22.1. The molecule has 0 radical (unpaired) electrons. The summed E-state index contributed by atoms with van der Waals surface area (Å²) in [6.07, 6.45) is 3.55. The van der Waals surface area contributed by atoms with E-state index in [2.05, 4.69) is 0 Å². The molecule has 0 aromatic heterocycles. The maximum Gasteiger partial charge on any atom is 0.315 e. The highest BCUT2D eigenvalue weighted by atomic mass is 16.5. The number of hydrogen-bond acceptors (Lipinski definition) is 3. The summed E-state index contributed by atoms with van der Waals surface area (Å²) in [5.74, 6) is -0.848. The maximum atomic E-state index is 11.7. The van der Waals surface area contributed by atoms with E-state index in [0.717, 1.165) is 31.4 Å². The molecular weight excluding hydrogens is 242 g/mol.